The second-order valence-electron chi connectivity index (χ2n) is 19.3. The third kappa shape index (κ3) is 9.05. The topological polar surface area (TPSA) is 191 Å². The maximum atomic E-state index is 16.4. The Balaban J connectivity index is 1.09. The summed E-state index contributed by atoms with van der Waals surface area (Å²) in [6.07, 6.45) is 3.20. The van der Waals surface area contributed by atoms with Crippen molar-refractivity contribution in [3.8, 4) is 0 Å². The van der Waals surface area contributed by atoms with Crippen LogP contribution in [0.15, 0.2) is 60.7 Å². The molecule has 5 atom stereocenters. The average molecular weight is 934 g/mol. The van der Waals surface area contributed by atoms with Crippen LogP contribution in [0.3, 0.4) is 0 Å². The van der Waals surface area contributed by atoms with E-state index in [9.17, 15) is 33.3 Å². The first-order chi connectivity index (χ1) is 31.0. The number of para-hydroxylation sites is 1. The lowest BCUT2D eigenvalue weighted by Gasteiger charge is -2.36. The molecule has 352 valence electrons. The van der Waals surface area contributed by atoms with Crippen LogP contribution in [0.25, 0.3) is 15.6 Å². The van der Waals surface area contributed by atoms with E-state index in [1.165, 1.54) is 70.7 Å². The van der Waals surface area contributed by atoms with E-state index in [1.807, 2.05) is 0 Å². The van der Waals surface area contributed by atoms with Crippen molar-refractivity contribution in [2.45, 2.75) is 115 Å². The zero-order valence-corrected chi connectivity index (χ0v) is 38.6. The van der Waals surface area contributed by atoms with Crippen LogP contribution >= 0.6 is 7.60 Å². The summed E-state index contributed by atoms with van der Waals surface area (Å²) >= 11 is 0. The van der Waals surface area contributed by atoms with Crippen molar-refractivity contribution in [2.75, 3.05) is 32.0 Å². The molecule has 0 radical (unpaired) electrons. The Kier molecular flexibility index (Phi) is 13.2. The number of fused-ring (bicyclic) bond motifs is 4. The number of alkyl halides is 2. The molecule has 4 heterocycles. The highest BCUT2D eigenvalue weighted by atomic mass is 31.2. The van der Waals surface area contributed by atoms with Crippen LogP contribution in [0.5, 0.6) is 0 Å². The number of halogens is 2. The maximum absolute atomic E-state index is 16.4. The first-order valence-corrected chi connectivity index (χ1v) is 23.4. The van der Waals surface area contributed by atoms with E-state index in [2.05, 4.69) is 15.5 Å². The number of benzene rings is 3. The van der Waals surface area contributed by atoms with Gasteiger partial charge in [0, 0.05) is 35.0 Å². The lowest BCUT2D eigenvalue weighted by Crippen LogP contribution is -2.57. The number of nitrogens with one attached hydrogen (secondary N) is 2. The molecule has 3 fully saturated rings. The predicted molar refractivity (Wildman–Crippen MR) is 236 cm³/mol. The molecule has 4 aliphatic rings. The Morgan fingerprint density at radius 1 is 0.864 bits per heavy atom. The molecule has 3 aromatic carbocycles. The molecule has 0 saturated carbocycles. The van der Waals surface area contributed by atoms with Gasteiger partial charge in [0.05, 0.1) is 17.4 Å². The van der Waals surface area contributed by atoms with Crippen LogP contribution in [0, 0.1) is 17.4 Å². The predicted octanol–water partition coefficient (Wildman–Crippen LogP) is 7.26. The van der Waals surface area contributed by atoms with E-state index in [1.54, 1.807) is 29.2 Å². The fourth-order valence-corrected chi connectivity index (χ4v) is 10.2. The van der Waals surface area contributed by atoms with Gasteiger partial charge in [-0.1, -0.05) is 49.2 Å². The number of anilines is 1. The largest absolute Gasteiger partial charge is 0.438 e. The molecule has 1 spiro atoms. The summed E-state index contributed by atoms with van der Waals surface area (Å²) in [7, 11) is -5.63. The molecular weight excluding hydrogens is 880 g/mol. The average Bonchev–Trinajstić information content (AvgIpc) is 3.95. The summed E-state index contributed by atoms with van der Waals surface area (Å²) in [6, 6.07) is 11.7. The van der Waals surface area contributed by atoms with Crippen molar-refractivity contribution in [3.63, 3.8) is 0 Å². The molecule has 0 bridgehead atoms. The lowest BCUT2D eigenvalue weighted by molar-refractivity contribution is -0.163. The van der Waals surface area contributed by atoms with E-state index in [0.717, 1.165) is 18.6 Å². The van der Waals surface area contributed by atoms with Crippen molar-refractivity contribution >= 4 is 59.6 Å². The van der Waals surface area contributed by atoms with Gasteiger partial charge >= 0.3 is 25.2 Å². The number of nitrogens with zero attached hydrogens (tertiary/aromatic N) is 3. The Hall–Kier alpha value is -5.76. The van der Waals surface area contributed by atoms with Gasteiger partial charge in [-0.05, 0) is 102 Å². The summed E-state index contributed by atoms with van der Waals surface area (Å²) in [5.74, 6) is -3.50. The van der Waals surface area contributed by atoms with Crippen LogP contribution in [0.4, 0.5) is 14.5 Å². The molecule has 0 unspecified atom stereocenters. The van der Waals surface area contributed by atoms with Gasteiger partial charge in [0.25, 0.3) is 11.9 Å². The van der Waals surface area contributed by atoms with Crippen LogP contribution < -0.4 is 10.6 Å². The number of likely N-dealkylation sites (tertiary alicyclic amines) is 1. The van der Waals surface area contributed by atoms with Crippen LogP contribution in [0.1, 0.15) is 102 Å². The molecule has 7 rings (SSSR count). The molecule has 0 aromatic heterocycles. The summed E-state index contributed by atoms with van der Waals surface area (Å²) in [5.41, 5.74) is -7.32. The zero-order chi connectivity index (χ0) is 48.0. The van der Waals surface area contributed by atoms with Crippen molar-refractivity contribution in [1.29, 1.82) is 0 Å². The van der Waals surface area contributed by atoms with Crippen molar-refractivity contribution in [1.82, 2.24) is 15.1 Å². The molecule has 4 aliphatic heterocycles. The Morgan fingerprint density at radius 3 is 2.15 bits per heavy atom. The molecule has 2 N–H and O–H groups in total. The van der Waals surface area contributed by atoms with E-state index < -0.39 is 90.5 Å². The van der Waals surface area contributed by atoms with Gasteiger partial charge in [-0.3, -0.25) is 42.4 Å². The zero-order valence-electron chi connectivity index (χ0n) is 37.7. The number of carbonyl (C=O) groups excluding carboxylic acids is 6. The highest BCUT2D eigenvalue weighted by Crippen LogP contribution is 2.67. The minimum Gasteiger partial charge on any atom is -0.438 e. The quantitative estimate of drug-likeness (QED) is 0.0852. The Labute approximate surface area is 381 Å². The highest BCUT2D eigenvalue weighted by Gasteiger charge is 2.63. The minimum atomic E-state index is -5.63. The minimum absolute atomic E-state index is 0.0143. The standard InChI is InChI=1S/C47H54F2N5O11P/c1-44(2,3)42(59)62-26-64-66(61,65-27-63-43(60)45(4,5)6)47(48,49)31-19-18-28-16-17-29(22-30(28)23-31)38(55)51-35-15-10-8-12-32-20-21-36(54(32)39(35)56)40(57)53-24-37(50-7)46(25-53)33-13-9-11-14-34(33)52-41(46)58/h9,11,13-14,16-19,22-23,32,35-37H,8,10,12,15,20-21,24-27H2,1-6H3,(H,51,55)(H,52,58)/t32-,35-,36-,37-,46+/m0/s1. The number of carbonyl (C=O) groups is 6. The molecule has 66 heavy (non-hydrogen) atoms. The fourth-order valence-electron chi connectivity index (χ4n) is 9.00. The number of hydrogen-bond donors (Lipinski definition) is 2. The summed E-state index contributed by atoms with van der Waals surface area (Å²) < 4.78 is 66.7. The van der Waals surface area contributed by atoms with E-state index >= 15 is 8.78 Å². The highest BCUT2D eigenvalue weighted by molar-refractivity contribution is 7.54. The van der Waals surface area contributed by atoms with Gasteiger partial charge in [0.2, 0.25) is 31.3 Å². The van der Waals surface area contributed by atoms with Gasteiger partial charge in [-0.2, -0.15) is 8.78 Å². The first kappa shape index (κ1) is 48.2. The van der Waals surface area contributed by atoms with Gasteiger partial charge in [0.15, 0.2) is 5.41 Å². The molecule has 3 saturated heterocycles. The third-order valence-corrected chi connectivity index (χ3v) is 14.5. The normalized spacial score (nSPS) is 23.4. The Morgan fingerprint density at radius 2 is 1.50 bits per heavy atom. The summed E-state index contributed by atoms with van der Waals surface area (Å²) in [6.45, 7) is 14.7. The smallest absolute Gasteiger partial charge is 0.410 e. The lowest BCUT2D eigenvalue weighted by atomic mass is 9.77. The van der Waals surface area contributed by atoms with Crippen molar-refractivity contribution in [3.05, 3.63) is 88.8 Å². The molecule has 16 nitrogen and oxygen atoms in total. The van der Waals surface area contributed by atoms with Crippen molar-refractivity contribution in [2.24, 2.45) is 10.8 Å². The van der Waals surface area contributed by atoms with Gasteiger partial charge in [0.1, 0.15) is 12.1 Å². The van der Waals surface area contributed by atoms with E-state index in [0.29, 0.717) is 42.3 Å². The maximum Gasteiger partial charge on any atom is 0.410 e. The molecule has 3 aromatic rings. The fraction of sp³-hybridized carbons (Fsp3) is 0.511. The van der Waals surface area contributed by atoms with Gasteiger partial charge in [-0.15, -0.1) is 0 Å². The molecule has 19 heteroatoms. The number of hydrogen-bond acceptors (Lipinski definition) is 11. The molecule has 4 amide bonds. The van der Waals surface area contributed by atoms with E-state index in [-0.39, 0.29) is 48.3 Å². The second-order valence-corrected chi connectivity index (χ2v) is 21.4. The first-order valence-electron chi connectivity index (χ1n) is 21.9. The monoisotopic (exact) mass is 933 g/mol. The van der Waals surface area contributed by atoms with Crippen molar-refractivity contribution < 1.29 is 60.6 Å². The molecular formula is C47H54F2N5O11P. The summed E-state index contributed by atoms with van der Waals surface area (Å²) in [4.78, 5) is 87.9. The SMILES string of the molecule is [C-]#[N+][C@H]1CN(C(=O)[C@@H]2CC[C@@H]3CCCC[C@H](NC(=O)c4ccc5ccc(C(F)(F)P(=O)(OCOC(=O)C(C)(C)C)OCOC(=O)C(C)(C)C)cc5c4)C(=O)N32)C[C@]12C(=O)Nc1ccccc12. The van der Waals surface area contributed by atoms with Crippen LogP contribution in [-0.4, -0.2) is 96.2 Å². The third-order valence-electron chi connectivity index (χ3n) is 12.7. The molecule has 0 aliphatic carbocycles. The number of esters is 2. The summed E-state index contributed by atoms with van der Waals surface area (Å²) in [5, 5.41) is 6.24. The number of ether oxygens (including phenoxy) is 2. The van der Waals surface area contributed by atoms with Gasteiger partial charge in [-0.25, -0.2) is 6.57 Å². The van der Waals surface area contributed by atoms with E-state index in [4.69, 9.17) is 25.1 Å². The Bertz CT molecular complexity index is 2520. The van der Waals surface area contributed by atoms with Crippen LogP contribution in [-0.2, 0) is 58.1 Å². The second kappa shape index (κ2) is 18.1. The van der Waals surface area contributed by atoms with Gasteiger partial charge < -0.3 is 34.8 Å². The van der Waals surface area contributed by atoms with Crippen LogP contribution in [0.2, 0.25) is 0 Å². The number of amides is 4. The number of rotatable bonds is 11.